The topological polar surface area (TPSA) is 44.4 Å². The largest absolute Gasteiger partial charge is 0.405 e. The van der Waals surface area contributed by atoms with Crippen molar-refractivity contribution in [3.8, 4) is 0 Å². The predicted octanol–water partition coefficient (Wildman–Crippen LogP) is 1.98. The Morgan fingerprint density at radius 3 is 2.56 bits per heavy atom. The quantitative estimate of drug-likeness (QED) is 0.849. The van der Waals surface area contributed by atoms with E-state index in [1.807, 2.05) is 31.2 Å². The van der Waals surface area contributed by atoms with Crippen LogP contribution in [-0.4, -0.2) is 55.7 Å². The van der Waals surface area contributed by atoms with Crippen LogP contribution < -0.4 is 10.6 Å². The Balaban J connectivity index is 1.67. The Kier molecular flexibility index (Phi) is 5.06. The highest BCUT2D eigenvalue weighted by Gasteiger charge is 2.52. The van der Waals surface area contributed by atoms with Crippen LogP contribution in [0.25, 0.3) is 0 Å². The van der Waals surface area contributed by atoms with Crippen LogP contribution in [-0.2, 0) is 10.2 Å². The summed E-state index contributed by atoms with van der Waals surface area (Å²) in [5, 5.41) is 5.64. The van der Waals surface area contributed by atoms with Gasteiger partial charge in [0.15, 0.2) is 0 Å². The molecule has 0 spiro atoms. The van der Waals surface area contributed by atoms with Gasteiger partial charge in [-0.2, -0.15) is 13.2 Å². The number of nitrogens with one attached hydrogen (secondary N) is 2. The van der Waals surface area contributed by atoms with Crippen LogP contribution in [0.3, 0.4) is 0 Å². The molecular formula is C18H24F3N3O. The zero-order valence-electron chi connectivity index (χ0n) is 14.3. The molecule has 0 radical (unpaired) electrons. The number of nitrogens with zero attached hydrogens (tertiary/aromatic N) is 1. The Morgan fingerprint density at radius 2 is 2.00 bits per heavy atom. The predicted molar refractivity (Wildman–Crippen MR) is 89.4 cm³/mol. The second kappa shape index (κ2) is 6.96. The molecule has 4 nitrogen and oxygen atoms in total. The lowest BCUT2D eigenvalue weighted by molar-refractivity contribution is -0.184. The van der Waals surface area contributed by atoms with Crippen LogP contribution in [0.2, 0.25) is 0 Å². The van der Waals surface area contributed by atoms with Gasteiger partial charge in [-0.25, -0.2) is 0 Å². The molecule has 25 heavy (non-hydrogen) atoms. The number of hydrogen-bond acceptors (Lipinski definition) is 3. The maximum atomic E-state index is 13.4. The summed E-state index contributed by atoms with van der Waals surface area (Å²) in [5.74, 6) is -0.289. The van der Waals surface area contributed by atoms with Crippen molar-refractivity contribution >= 4 is 5.91 Å². The van der Waals surface area contributed by atoms with Crippen molar-refractivity contribution in [1.82, 2.24) is 15.5 Å². The van der Waals surface area contributed by atoms with Crippen LogP contribution in [0, 0.1) is 6.92 Å². The van der Waals surface area contributed by atoms with Crippen molar-refractivity contribution in [2.75, 3.05) is 32.7 Å². The highest BCUT2D eigenvalue weighted by Crippen LogP contribution is 2.48. The van der Waals surface area contributed by atoms with E-state index < -0.39 is 24.2 Å². The molecule has 1 amide bonds. The summed E-state index contributed by atoms with van der Waals surface area (Å²) >= 11 is 0. The SMILES string of the molecule is Cc1cccc(C2(C(=O)NCC(N3CCNCC3)C(F)(F)F)CC2)c1. The third-order valence-corrected chi connectivity index (χ3v) is 5.18. The van der Waals surface area contributed by atoms with E-state index >= 15 is 0 Å². The molecule has 1 saturated heterocycles. The first-order valence-corrected chi connectivity index (χ1v) is 8.70. The molecule has 1 unspecified atom stereocenters. The molecule has 2 fully saturated rings. The number of halogens is 3. The molecule has 3 rings (SSSR count). The lowest BCUT2D eigenvalue weighted by Gasteiger charge is -2.36. The second-order valence-electron chi connectivity index (χ2n) is 7.00. The minimum atomic E-state index is -4.36. The number of carbonyl (C=O) groups excluding carboxylic acids is 1. The molecule has 138 valence electrons. The van der Waals surface area contributed by atoms with Crippen LogP contribution >= 0.6 is 0 Å². The Morgan fingerprint density at radius 1 is 1.32 bits per heavy atom. The van der Waals surface area contributed by atoms with Gasteiger partial charge in [0.05, 0.1) is 5.41 Å². The van der Waals surface area contributed by atoms with Crippen LogP contribution in [0.1, 0.15) is 24.0 Å². The molecule has 1 saturated carbocycles. The number of hydrogen-bond donors (Lipinski definition) is 2. The minimum Gasteiger partial charge on any atom is -0.353 e. The van der Waals surface area contributed by atoms with Crippen LogP contribution in [0.5, 0.6) is 0 Å². The monoisotopic (exact) mass is 355 g/mol. The standard InChI is InChI=1S/C18H24F3N3O/c1-13-3-2-4-14(11-13)17(5-6-17)16(25)23-12-15(18(19,20)21)24-9-7-22-8-10-24/h2-4,11,15,22H,5-10,12H2,1H3,(H,23,25). The molecule has 2 N–H and O–H groups in total. The molecular weight excluding hydrogens is 331 g/mol. The molecule has 2 aliphatic rings. The number of piperazine rings is 1. The average molecular weight is 355 g/mol. The summed E-state index contributed by atoms with van der Waals surface area (Å²) in [7, 11) is 0. The van der Waals surface area contributed by atoms with Crippen molar-refractivity contribution < 1.29 is 18.0 Å². The summed E-state index contributed by atoms with van der Waals surface area (Å²) in [6.45, 7) is 3.30. The summed E-state index contributed by atoms with van der Waals surface area (Å²) in [4.78, 5) is 14.0. The van der Waals surface area contributed by atoms with Gasteiger partial charge in [0.1, 0.15) is 6.04 Å². The highest BCUT2D eigenvalue weighted by atomic mass is 19.4. The number of benzene rings is 1. The van der Waals surface area contributed by atoms with Gasteiger partial charge in [0.25, 0.3) is 0 Å². The van der Waals surface area contributed by atoms with Crippen molar-refractivity contribution in [3.05, 3.63) is 35.4 Å². The van der Waals surface area contributed by atoms with E-state index in [0.29, 0.717) is 39.0 Å². The molecule has 0 aromatic heterocycles. The van der Waals surface area contributed by atoms with Crippen LogP contribution in [0.4, 0.5) is 13.2 Å². The molecule has 1 aliphatic carbocycles. The van der Waals surface area contributed by atoms with E-state index in [9.17, 15) is 18.0 Å². The number of carbonyl (C=O) groups is 1. The van der Waals surface area contributed by atoms with E-state index in [1.54, 1.807) is 0 Å². The van der Waals surface area contributed by atoms with Gasteiger partial charge in [-0.15, -0.1) is 0 Å². The molecule has 1 aromatic rings. The van der Waals surface area contributed by atoms with E-state index in [2.05, 4.69) is 10.6 Å². The molecule has 1 aliphatic heterocycles. The third kappa shape index (κ3) is 3.98. The number of rotatable bonds is 5. The maximum absolute atomic E-state index is 13.4. The van der Waals surface area contributed by atoms with Gasteiger partial charge in [0.2, 0.25) is 5.91 Å². The molecule has 0 bridgehead atoms. The van der Waals surface area contributed by atoms with Gasteiger partial charge in [0, 0.05) is 32.7 Å². The van der Waals surface area contributed by atoms with Crippen molar-refractivity contribution in [3.63, 3.8) is 0 Å². The van der Waals surface area contributed by atoms with Gasteiger partial charge in [-0.1, -0.05) is 29.8 Å². The zero-order chi connectivity index (χ0) is 18.1. The molecule has 1 atom stereocenters. The minimum absolute atomic E-state index is 0.289. The van der Waals surface area contributed by atoms with Crippen molar-refractivity contribution in [2.45, 2.75) is 37.4 Å². The van der Waals surface area contributed by atoms with Gasteiger partial charge in [-0.05, 0) is 25.3 Å². The van der Waals surface area contributed by atoms with E-state index in [0.717, 1.165) is 11.1 Å². The highest BCUT2D eigenvalue weighted by molar-refractivity contribution is 5.91. The average Bonchev–Trinajstić information content (AvgIpc) is 3.36. The zero-order valence-corrected chi connectivity index (χ0v) is 14.3. The molecule has 1 aromatic carbocycles. The lowest BCUT2D eigenvalue weighted by atomic mass is 9.93. The van der Waals surface area contributed by atoms with E-state index in [4.69, 9.17) is 0 Å². The van der Waals surface area contributed by atoms with Gasteiger partial charge >= 0.3 is 6.18 Å². The Bertz CT molecular complexity index is 622. The van der Waals surface area contributed by atoms with Crippen LogP contribution in [0.15, 0.2) is 24.3 Å². The first kappa shape index (κ1) is 18.2. The van der Waals surface area contributed by atoms with Gasteiger partial charge < -0.3 is 10.6 Å². The van der Waals surface area contributed by atoms with E-state index in [-0.39, 0.29) is 5.91 Å². The maximum Gasteiger partial charge on any atom is 0.405 e. The normalized spacial score (nSPS) is 21.6. The van der Waals surface area contributed by atoms with E-state index in [1.165, 1.54) is 4.90 Å². The Hall–Kier alpha value is -1.60. The first-order chi connectivity index (χ1) is 11.8. The smallest absolute Gasteiger partial charge is 0.353 e. The van der Waals surface area contributed by atoms with Gasteiger partial charge in [-0.3, -0.25) is 9.69 Å². The fraction of sp³-hybridized carbons (Fsp3) is 0.611. The summed E-state index contributed by atoms with van der Waals surface area (Å²) in [6.07, 6.45) is -2.98. The number of aryl methyl sites for hydroxylation is 1. The number of alkyl halides is 3. The second-order valence-corrected chi connectivity index (χ2v) is 7.00. The lowest BCUT2D eigenvalue weighted by Crippen LogP contribution is -2.58. The fourth-order valence-corrected chi connectivity index (χ4v) is 3.52. The fourth-order valence-electron chi connectivity index (χ4n) is 3.52. The summed E-state index contributed by atoms with van der Waals surface area (Å²) < 4.78 is 40.3. The Labute approximate surface area is 145 Å². The molecule has 1 heterocycles. The first-order valence-electron chi connectivity index (χ1n) is 8.70. The summed E-state index contributed by atoms with van der Waals surface area (Å²) in [6, 6.07) is 6.03. The number of amides is 1. The van der Waals surface area contributed by atoms with Crippen molar-refractivity contribution in [1.29, 1.82) is 0 Å². The molecule has 7 heteroatoms. The van der Waals surface area contributed by atoms with Crippen molar-refractivity contribution in [2.24, 2.45) is 0 Å². The summed E-state index contributed by atoms with van der Waals surface area (Å²) in [5.41, 5.74) is 1.30. The third-order valence-electron chi connectivity index (χ3n) is 5.18.